The van der Waals surface area contributed by atoms with E-state index < -0.39 is 25.5 Å². The molecule has 0 aliphatic rings. The fraction of sp³-hybridized carbons (Fsp3) is 0.500. The fourth-order valence-electron chi connectivity index (χ4n) is 1.14. The summed E-state index contributed by atoms with van der Waals surface area (Å²) in [5.74, 6) is 0. The molecule has 0 bridgehead atoms. The van der Waals surface area contributed by atoms with Crippen LogP contribution in [-0.4, -0.2) is 29.5 Å². The summed E-state index contributed by atoms with van der Waals surface area (Å²) in [4.78, 5) is 3.82. The van der Waals surface area contributed by atoms with Crippen molar-refractivity contribution in [1.29, 1.82) is 0 Å². The normalized spacial score (nSPS) is 13.8. The van der Waals surface area contributed by atoms with Gasteiger partial charge in [0.1, 0.15) is 12.7 Å². The van der Waals surface area contributed by atoms with Crippen molar-refractivity contribution in [3.63, 3.8) is 0 Å². The molecule has 0 radical (unpaired) electrons. The number of aliphatic hydroxyl groups is 1. The highest BCUT2D eigenvalue weighted by Crippen LogP contribution is 2.17. The van der Waals surface area contributed by atoms with Crippen LogP contribution in [0.25, 0.3) is 0 Å². The predicted molar refractivity (Wildman–Crippen MR) is 50.8 cm³/mol. The number of halogens is 3. The van der Waals surface area contributed by atoms with Crippen molar-refractivity contribution in [2.24, 2.45) is 0 Å². The van der Waals surface area contributed by atoms with E-state index in [1.807, 2.05) is 0 Å². The molecule has 0 aliphatic heterocycles. The van der Waals surface area contributed by atoms with Gasteiger partial charge in [-0.15, -0.1) is 0 Å². The lowest BCUT2D eigenvalue weighted by Crippen LogP contribution is -2.19. The molecule has 1 unspecified atom stereocenters. The van der Waals surface area contributed by atoms with Crippen LogP contribution in [0.2, 0.25) is 0 Å². The lowest BCUT2D eigenvalue weighted by atomic mass is 10.1. The van der Waals surface area contributed by atoms with E-state index in [-0.39, 0.29) is 0 Å². The minimum absolute atomic E-state index is 0.398. The van der Waals surface area contributed by atoms with E-state index in [4.69, 9.17) is 0 Å². The highest BCUT2D eigenvalue weighted by Gasteiger charge is 2.27. The van der Waals surface area contributed by atoms with E-state index >= 15 is 0 Å². The number of alkyl halides is 3. The van der Waals surface area contributed by atoms with E-state index in [2.05, 4.69) is 9.72 Å². The standard InChI is InChI=1S/C10H12F3NO2/c1-7-2-8(4-14-3-7)9(15)5-16-6-10(11,12)13/h2-4,9,15H,5-6H2,1H3. The maximum Gasteiger partial charge on any atom is 0.411 e. The third-order valence-electron chi connectivity index (χ3n) is 1.82. The lowest BCUT2D eigenvalue weighted by Gasteiger charge is -2.12. The molecule has 0 aliphatic carbocycles. The van der Waals surface area contributed by atoms with Gasteiger partial charge in [0, 0.05) is 18.0 Å². The van der Waals surface area contributed by atoms with Crippen LogP contribution >= 0.6 is 0 Å². The van der Waals surface area contributed by atoms with Gasteiger partial charge in [-0.2, -0.15) is 13.2 Å². The Balaban J connectivity index is 2.44. The molecule has 3 nitrogen and oxygen atoms in total. The second-order valence-electron chi connectivity index (χ2n) is 3.44. The average molecular weight is 235 g/mol. The first-order valence-electron chi connectivity index (χ1n) is 4.62. The second-order valence-corrected chi connectivity index (χ2v) is 3.44. The van der Waals surface area contributed by atoms with E-state index in [0.29, 0.717) is 5.56 Å². The molecule has 1 aromatic rings. The monoisotopic (exact) mass is 235 g/mol. The number of rotatable bonds is 4. The Kier molecular flexibility index (Phi) is 4.26. The number of ether oxygens (including phenoxy) is 1. The number of nitrogens with zero attached hydrogens (tertiary/aromatic N) is 1. The number of aryl methyl sites for hydroxylation is 1. The van der Waals surface area contributed by atoms with Gasteiger partial charge in [-0.3, -0.25) is 4.98 Å². The van der Waals surface area contributed by atoms with Crippen LogP contribution in [0.4, 0.5) is 13.2 Å². The molecule has 1 N–H and O–H groups in total. The third kappa shape index (κ3) is 4.59. The molecular formula is C10H12F3NO2. The highest BCUT2D eigenvalue weighted by atomic mass is 19.4. The summed E-state index contributed by atoms with van der Waals surface area (Å²) in [5, 5.41) is 9.51. The number of aliphatic hydroxyl groups excluding tert-OH is 1. The van der Waals surface area contributed by atoms with E-state index in [1.165, 1.54) is 6.20 Å². The first-order valence-corrected chi connectivity index (χ1v) is 4.62. The van der Waals surface area contributed by atoms with Crippen molar-refractivity contribution in [1.82, 2.24) is 4.98 Å². The van der Waals surface area contributed by atoms with Crippen molar-refractivity contribution >= 4 is 0 Å². The van der Waals surface area contributed by atoms with Gasteiger partial charge in [-0.1, -0.05) is 6.07 Å². The molecule has 90 valence electrons. The molecular weight excluding hydrogens is 223 g/mol. The summed E-state index contributed by atoms with van der Waals surface area (Å²) in [6.45, 7) is 0.0216. The molecule has 0 spiro atoms. The van der Waals surface area contributed by atoms with Crippen LogP contribution in [0.15, 0.2) is 18.5 Å². The van der Waals surface area contributed by atoms with Gasteiger partial charge in [0.2, 0.25) is 0 Å². The van der Waals surface area contributed by atoms with Gasteiger partial charge in [0.15, 0.2) is 0 Å². The Bertz CT molecular complexity index is 341. The summed E-state index contributed by atoms with van der Waals surface area (Å²) in [6.07, 6.45) is -2.47. The Labute approximate surface area is 90.9 Å². The summed E-state index contributed by atoms with van der Waals surface area (Å²) in [7, 11) is 0. The van der Waals surface area contributed by atoms with Crippen molar-refractivity contribution in [3.05, 3.63) is 29.6 Å². The highest BCUT2D eigenvalue weighted by molar-refractivity contribution is 5.18. The van der Waals surface area contributed by atoms with Crippen LogP contribution in [0, 0.1) is 6.92 Å². The molecule has 0 saturated heterocycles. The average Bonchev–Trinajstić information content (AvgIpc) is 2.15. The Morgan fingerprint density at radius 1 is 1.44 bits per heavy atom. The van der Waals surface area contributed by atoms with Gasteiger partial charge in [-0.25, -0.2) is 0 Å². The topological polar surface area (TPSA) is 42.4 Å². The second kappa shape index (κ2) is 5.27. The number of hydrogen-bond acceptors (Lipinski definition) is 3. The van der Waals surface area contributed by atoms with Crippen LogP contribution in [0.3, 0.4) is 0 Å². The largest absolute Gasteiger partial charge is 0.411 e. The quantitative estimate of drug-likeness (QED) is 0.867. The molecule has 0 aromatic carbocycles. The van der Waals surface area contributed by atoms with Crippen LogP contribution in [0.5, 0.6) is 0 Å². The minimum atomic E-state index is -4.37. The van der Waals surface area contributed by atoms with Crippen molar-refractivity contribution in [2.45, 2.75) is 19.2 Å². The molecule has 1 atom stereocenters. The van der Waals surface area contributed by atoms with Crippen LogP contribution in [0.1, 0.15) is 17.2 Å². The van der Waals surface area contributed by atoms with E-state index in [9.17, 15) is 18.3 Å². The molecule has 0 fully saturated rings. The van der Waals surface area contributed by atoms with Crippen molar-refractivity contribution in [2.75, 3.05) is 13.2 Å². The molecule has 1 rings (SSSR count). The molecule has 1 heterocycles. The smallest absolute Gasteiger partial charge is 0.386 e. The zero-order valence-electron chi connectivity index (χ0n) is 8.66. The maximum atomic E-state index is 11.8. The van der Waals surface area contributed by atoms with Gasteiger partial charge < -0.3 is 9.84 Å². The summed E-state index contributed by atoms with van der Waals surface area (Å²) < 4.78 is 39.6. The van der Waals surface area contributed by atoms with Gasteiger partial charge in [-0.05, 0) is 12.5 Å². The molecule has 16 heavy (non-hydrogen) atoms. The number of pyridine rings is 1. The number of hydrogen-bond donors (Lipinski definition) is 1. The van der Waals surface area contributed by atoms with Gasteiger partial charge in [0.05, 0.1) is 6.61 Å². The molecule has 0 amide bonds. The van der Waals surface area contributed by atoms with E-state index in [1.54, 1.807) is 19.2 Å². The van der Waals surface area contributed by atoms with E-state index in [0.717, 1.165) is 5.56 Å². The zero-order valence-corrected chi connectivity index (χ0v) is 8.66. The van der Waals surface area contributed by atoms with Crippen molar-refractivity contribution < 1.29 is 23.0 Å². The Hall–Kier alpha value is -1.14. The minimum Gasteiger partial charge on any atom is -0.386 e. The maximum absolute atomic E-state index is 11.8. The van der Waals surface area contributed by atoms with Crippen molar-refractivity contribution in [3.8, 4) is 0 Å². The summed E-state index contributed by atoms with van der Waals surface area (Å²) in [5.41, 5.74) is 1.27. The molecule has 6 heteroatoms. The fourth-order valence-corrected chi connectivity index (χ4v) is 1.14. The number of aromatic nitrogens is 1. The zero-order chi connectivity index (χ0) is 12.2. The predicted octanol–water partition coefficient (Wildman–Crippen LogP) is 2.00. The van der Waals surface area contributed by atoms with Crippen LogP contribution in [-0.2, 0) is 4.74 Å². The SMILES string of the molecule is Cc1cncc(C(O)COCC(F)(F)F)c1. The third-order valence-corrected chi connectivity index (χ3v) is 1.82. The summed E-state index contributed by atoms with van der Waals surface area (Å²) >= 11 is 0. The van der Waals surface area contributed by atoms with Crippen LogP contribution < -0.4 is 0 Å². The molecule has 1 aromatic heterocycles. The lowest BCUT2D eigenvalue weighted by molar-refractivity contribution is -0.179. The Morgan fingerprint density at radius 2 is 2.12 bits per heavy atom. The Morgan fingerprint density at radius 3 is 2.69 bits per heavy atom. The molecule has 0 saturated carbocycles. The first kappa shape index (κ1) is 12.9. The first-order chi connectivity index (χ1) is 7.38. The van der Waals surface area contributed by atoms with Gasteiger partial charge in [0.25, 0.3) is 0 Å². The van der Waals surface area contributed by atoms with Gasteiger partial charge >= 0.3 is 6.18 Å². The summed E-state index contributed by atoms with van der Waals surface area (Å²) in [6, 6.07) is 1.65.